The second-order valence-corrected chi connectivity index (χ2v) is 8.92. The van der Waals surface area contributed by atoms with Crippen LogP contribution in [0.15, 0.2) is 91.6 Å². The number of hydrogen-bond donors (Lipinski definition) is 2. The number of nitrogens with one attached hydrogen (secondary N) is 2. The van der Waals surface area contributed by atoms with Crippen LogP contribution in [-0.2, 0) is 0 Å². The molecule has 0 radical (unpaired) electrons. The number of benzene rings is 3. The van der Waals surface area contributed by atoms with Crippen LogP contribution < -0.4 is 15.4 Å². The number of nitrogens with zero attached hydrogens (tertiary/aromatic N) is 1. The van der Waals surface area contributed by atoms with E-state index in [0.717, 1.165) is 66.8 Å². The summed E-state index contributed by atoms with van der Waals surface area (Å²) in [6.45, 7) is 6.63. The van der Waals surface area contributed by atoms with Gasteiger partial charge in [-0.05, 0) is 79.9 Å². The molecule has 5 heteroatoms. The van der Waals surface area contributed by atoms with Crippen LogP contribution in [0.25, 0.3) is 17.0 Å². The van der Waals surface area contributed by atoms with E-state index in [4.69, 9.17) is 16.3 Å². The van der Waals surface area contributed by atoms with Crippen LogP contribution in [0.5, 0.6) is 5.75 Å². The first kappa shape index (κ1) is 24.8. The van der Waals surface area contributed by atoms with Gasteiger partial charge in [0.25, 0.3) is 0 Å². The first-order chi connectivity index (χ1) is 17.2. The van der Waals surface area contributed by atoms with Crippen LogP contribution in [0, 0.1) is 0 Å². The monoisotopic (exact) mass is 485 g/mol. The van der Waals surface area contributed by atoms with E-state index < -0.39 is 0 Å². The van der Waals surface area contributed by atoms with Gasteiger partial charge in [0.05, 0.1) is 5.52 Å². The molecule has 0 fully saturated rings. The Hall–Kier alpha value is -3.34. The van der Waals surface area contributed by atoms with E-state index in [-0.39, 0.29) is 6.10 Å². The van der Waals surface area contributed by atoms with Crippen molar-refractivity contribution < 1.29 is 4.74 Å². The molecule has 0 aliphatic carbocycles. The molecular weight excluding hydrogens is 454 g/mol. The standard InChI is InChI=1S/C30H32ClN3O/c1-2-23-11-14-26(15-12-23)35-30(24-8-4-3-5-9-24)10-6-18-32-19-7-20-33-28-17-21-34-29-22-25(31)13-16-27(28)29/h2-5,8-9,11-17,21-22,30,32H,1,6-7,10,18-20H2,(H,33,34). The number of halogens is 1. The third-order valence-corrected chi connectivity index (χ3v) is 6.17. The molecule has 4 nitrogen and oxygen atoms in total. The Labute approximate surface area is 213 Å². The molecule has 1 heterocycles. The average Bonchev–Trinajstić information content (AvgIpc) is 2.90. The van der Waals surface area contributed by atoms with E-state index in [1.807, 2.05) is 66.9 Å². The zero-order chi connectivity index (χ0) is 24.3. The smallest absolute Gasteiger partial charge is 0.124 e. The topological polar surface area (TPSA) is 46.2 Å². The number of pyridine rings is 1. The Morgan fingerprint density at radius 2 is 1.71 bits per heavy atom. The van der Waals surface area contributed by atoms with Crippen molar-refractivity contribution >= 4 is 34.3 Å². The summed E-state index contributed by atoms with van der Waals surface area (Å²) >= 11 is 6.08. The van der Waals surface area contributed by atoms with Crippen molar-refractivity contribution in [3.05, 3.63) is 108 Å². The highest BCUT2D eigenvalue weighted by Crippen LogP contribution is 2.27. The molecule has 0 bridgehead atoms. The largest absolute Gasteiger partial charge is 0.486 e. The van der Waals surface area contributed by atoms with Crippen molar-refractivity contribution in [3.8, 4) is 5.75 Å². The lowest BCUT2D eigenvalue weighted by molar-refractivity contribution is 0.191. The highest BCUT2D eigenvalue weighted by molar-refractivity contribution is 6.31. The third-order valence-electron chi connectivity index (χ3n) is 5.94. The number of fused-ring (bicyclic) bond motifs is 1. The molecule has 2 N–H and O–H groups in total. The maximum Gasteiger partial charge on any atom is 0.124 e. The van der Waals surface area contributed by atoms with Gasteiger partial charge in [0, 0.05) is 28.8 Å². The molecule has 0 spiro atoms. The summed E-state index contributed by atoms with van der Waals surface area (Å²) in [7, 11) is 0. The van der Waals surface area contributed by atoms with Gasteiger partial charge in [-0.1, -0.05) is 66.7 Å². The summed E-state index contributed by atoms with van der Waals surface area (Å²) in [6, 6.07) is 26.4. The molecule has 35 heavy (non-hydrogen) atoms. The molecule has 4 rings (SSSR count). The number of rotatable bonds is 13. The van der Waals surface area contributed by atoms with E-state index in [1.54, 1.807) is 0 Å². The number of ether oxygens (including phenoxy) is 1. The van der Waals surface area contributed by atoms with Crippen molar-refractivity contribution in [1.82, 2.24) is 10.3 Å². The molecule has 180 valence electrons. The fraction of sp³-hybridized carbons (Fsp3) is 0.233. The fourth-order valence-electron chi connectivity index (χ4n) is 4.06. The van der Waals surface area contributed by atoms with Crippen LogP contribution in [-0.4, -0.2) is 24.6 Å². The SMILES string of the molecule is C=Cc1ccc(OC(CCCNCCCNc2ccnc3cc(Cl)ccc23)c2ccccc2)cc1. The summed E-state index contributed by atoms with van der Waals surface area (Å²) in [5.41, 5.74) is 4.30. The number of anilines is 1. The second kappa shape index (κ2) is 12.9. The summed E-state index contributed by atoms with van der Waals surface area (Å²) in [6.07, 6.45) is 6.71. The Morgan fingerprint density at radius 3 is 2.51 bits per heavy atom. The lowest BCUT2D eigenvalue weighted by Crippen LogP contribution is -2.20. The molecule has 0 amide bonds. The predicted molar refractivity (Wildman–Crippen MR) is 148 cm³/mol. The zero-order valence-electron chi connectivity index (χ0n) is 19.9. The van der Waals surface area contributed by atoms with Gasteiger partial charge in [-0.2, -0.15) is 0 Å². The first-order valence-electron chi connectivity index (χ1n) is 12.2. The molecule has 0 aliphatic rings. The van der Waals surface area contributed by atoms with E-state index in [9.17, 15) is 0 Å². The van der Waals surface area contributed by atoms with Crippen molar-refractivity contribution in [2.45, 2.75) is 25.4 Å². The van der Waals surface area contributed by atoms with Gasteiger partial charge in [-0.25, -0.2) is 0 Å². The van der Waals surface area contributed by atoms with Crippen LogP contribution in [0.1, 0.15) is 36.5 Å². The Kier molecular flexibility index (Phi) is 9.16. The molecule has 4 aromatic rings. The molecule has 1 aromatic heterocycles. The molecule has 1 atom stereocenters. The van der Waals surface area contributed by atoms with Crippen LogP contribution in [0.3, 0.4) is 0 Å². The fourth-order valence-corrected chi connectivity index (χ4v) is 4.22. The highest BCUT2D eigenvalue weighted by atomic mass is 35.5. The van der Waals surface area contributed by atoms with Crippen LogP contribution in [0.4, 0.5) is 5.69 Å². The molecular formula is C30H32ClN3O. The van der Waals surface area contributed by atoms with Crippen LogP contribution >= 0.6 is 11.6 Å². The highest BCUT2D eigenvalue weighted by Gasteiger charge is 2.13. The minimum absolute atomic E-state index is 0.0303. The van der Waals surface area contributed by atoms with Crippen LogP contribution in [0.2, 0.25) is 5.02 Å². The number of hydrogen-bond acceptors (Lipinski definition) is 4. The average molecular weight is 486 g/mol. The minimum atomic E-state index is 0.0303. The normalized spacial score (nSPS) is 11.8. The third kappa shape index (κ3) is 7.32. The second-order valence-electron chi connectivity index (χ2n) is 8.48. The van der Waals surface area contributed by atoms with Gasteiger partial charge < -0.3 is 15.4 Å². The Balaban J connectivity index is 1.20. The first-order valence-corrected chi connectivity index (χ1v) is 12.5. The number of aromatic nitrogens is 1. The summed E-state index contributed by atoms with van der Waals surface area (Å²) in [5, 5.41) is 8.89. The molecule has 0 saturated carbocycles. The quantitative estimate of drug-likeness (QED) is 0.192. The lowest BCUT2D eigenvalue weighted by Gasteiger charge is -2.20. The summed E-state index contributed by atoms with van der Waals surface area (Å²) in [4.78, 5) is 4.40. The minimum Gasteiger partial charge on any atom is -0.486 e. The van der Waals surface area contributed by atoms with Crippen molar-refractivity contribution in [1.29, 1.82) is 0 Å². The van der Waals surface area contributed by atoms with Gasteiger partial charge in [0.2, 0.25) is 0 Å². The summed E-state index contributed by atoms with van der Waals surface area (Å²) in [5.74, 6) is 0.884. The van der Waals surface area contributed by atoms with Gasteiger partial charge >= 0.3 is 0 Å². The van der Waals surface area contributed by atoms with E-state index >= 15 is 0 Å². The van der Waals surface area contributed by atoms with Crippen molar-refractivity contribution in [2.75, 3.05) is 25.0 Å². The van der Waals surface area contributed by atoms with Gasteiger partial charge in [0.15, 0.2) is 0 Å². The van der Waals surface area contributed by atoms with Gasteiger partial charge in [0.1, 0.15) is 11.9 Å². The van der Waals surface area contributed by atoms with Crippen molar-refractivity contribution in [2.24, 2.45) is 0 Å². The van der Waals surface area contributed by atoms with Gasteiger partial charge in [-0.3, -0.25) is 4.98 Å². The maximum absolute atomic E-state index is 6.35. The van der Waals surface area contributed by atoms with Crippen molar-refractivity contribution in [3.63, 3.8) is 0 Å². The van der Waals surface area contributed by atoms with E-state index in [1.165, 1.54) is 5.56 Å². The van der Waals surface area contributed by atoms with E-state index in [0.29, 0.717) is 5.02 Å². The Morgan fingerprint density at radius 1 is 0.914 bits per heavy atom. The molecule has 0 aliphatic heterocycles. The predicted octanol–water partition coefficient (Wildman–Crippen LogP) is 7.52. The molecule has 0 saturated heterocycles. The maximum atomic E-state index is 6.35. The molecule has 3 aromatic carbocycles. The van der Waals surface area contributed by atoms with Gasteiger partial charge in [-0.15, -0.1) is 0 Å². The van der Waals surface area contributed by atoms with E-state index in [2.05, 4.69) is 46.5 Å². The summed E-state index contributed by atoms with van der Waals surface area (Å²) < 4.78 is 6.35. The Bertz CT molecular complexity index is 1210. The lowest BCUT2D eigenvalue weighted by atomic mass is 10.0. The molecule has 1 unspecified atom stereocenters. The zero-order valence-corrected chi connectivity index (χ0v) is 20.7.